The van der Waals surface area contributed by atoms with Gasteiger partial charge in [-0.2, -0.15) is 9.59 Å². The number of methoxy groups -OCH3 is 1. The Kier molecular flexibility index (Phi) is 9.69. The zero-order chi connectivity index (χ0) is 22.0. The van der Waals surface area contributed by atoms with Crippen molar-refractivity contribution in [1.29, 1.82) is 0 Å². The number of esters is 1. The first-order chi connectivity index (χ1) is 13.9. The zero-order valence-corrected chi connectivity index (χ0v) is 17.3. The third kappa shape index (κ3) is 5.96. The first kappa shape index (κ1) is 24.0. The number of nitrogens with one attached hydrogen (secondary N) is 1. The van der Waals surface area contributed by atoms with Gasteiger partial charge in [-0.3, -0.25) is 14.4 Å². The molecule has 1 heterocycles. The Balaban J connectivity index is 0.00000132. The molecule has 156 valence electrons. The summed E-state index contributed by atoms with van der Waals surface area (Å²) in [6.45, 7) is 6.03. The smallest absolute Gasteiger partial charge is 0.373 e. The second kappa shape index (κ2) is 11.7. The van der Waals surface area contributed by atoms with E-state index in [1.54, 1.807) is 0 Å². The second-order valence-electron chi connectivity index (χ2n) is 6.85. The Morgan fingerprint density at radius 3 is 2.34 bits per heavy atom. The third-order valence-electron chi connectivity index (χ3n) is 5.23. The fraction of sp³-hybridized carbons (Fsp3) is 0.455. The molecule has 0 spiro atoms. The third-order valence-corrected chi connectivity index (χ3v) is 5.23. The first-order valence-corrected chi connectivity index (χ1v) is 9.46. The molecule has 0 saturated heterocycles. The molecule has 1 aromatic heterocycles. The lowest BCUT2D eigenvalue weighted by molar-refractivity contribution is -0.191. The predicted molar refractivity (Wildman–Crippen MR) is 105 cm³/mol. The molecule has 1 aromatic rings. The summed E-state index contributed by atoms with van der Waals surface area (Å²) in [7, 11) is 1.37. The molecule has 29 heavy (non-hydrogen) atoms. The van der Waals surface area contributed by atoms with Crippen molar-refractivity contribution in [3.8, 4) is 0 Å². The molecule has 0 radical (unpaired) electrons. The van der Waals surface area contributed by atoms with E-state index >= 15 is 0 Å². The highest BCUT2D eigenvalue weighted by atomic mass is 16.5. The lowest BCUT2D eigenvalue weighted by Crippen LogP contribution is -2.04. The van der Waals surface area contributed by atoms with Crippen molar-refractivity contribution in [2.24, 2.45) is 0 Å². The van der Waals surface area contributed by atoms with Gasteiger partial charge >= 0.3 is 12.1 Å². The maximum absolute atomic E-state index is 11.5. The van der Waals surface area contributed by atoms with E-state index in [0.29, 0.717) is 25.0 Å². The van der Waals surface area contributed by atoms with Gasteiger partial charge < -0.3 is 9.72 Å². The first-order valence-electron chi connectivity index (χ1n) is 9.46. The van der Waals surface area contributed by atoms with Gasteiger partial charge in [0.1, 0.15) is 6.29 Å². The largest absolute Gasteiger partial charge is 0.469 e. The highest BCUT2D eigenvalue weighted by Gasteiger charge is 2.23. The monoisotopic (exact) mass is 401 g/mol. The topological polar surface area (TPSA) is 110 Å². The Morgan fingerprint density at radius 1 is 1.17 bits per heavy atom. The van der Waals surface area contributed by atoms with Gasteiger partial charge in [0.15, 0.2) is 6.29 Å². The lowest BCUT2D eigenvalue weighted by Gasteiger charge is -2.10. The molecule has 7 heteroatoms. The van der Waals surface area contributed by atoms with Gasteiger partial charge in [-0.25, -0.2) is 0 Å². The predicted octanol–water partition coefficient (Wildman–Crippen LogP) is 3.22. The van der Waals surface area contributed by atoms with Crippen LogP contribution >= 0.6 is 0 Å². The number of H-pyrrole nitrogens is 1. The summed E-state index contributed by atoms with van der Waals surface area (Å²) in [4.78, 5) is 53.7. The number of ether oxygens (including phenoxy) is 1. The van der Waals surface area contributed by atoms with Crippen molar-refractivity contribution < 1.29 is 28.7 Å². The van der Waals surface area contributed by atoms with E-state index in [4.69, 9.17) is 14.3 Å². The Bertz CT molecular complexity index is 866. The zero-order valence-electron chi connectivity index (χ0n) is 17.3. The van der Waals surface area contributed by atoms with Crippen molar-refractivity contribution in [1.82, 2.24) is 4.98 Å². The fourth-order valence-electron chi connectivity index (χ4n) is 3.71. The highest BCUT2D eigenvalue weighted by Crippen LogP contribution is 2.36. The molecule has 1 N–H and O–H groups in total. The van der Waals surface area contributed by atoms with Crippen LogP contribution in [0.2, 0.25) is 0 Å². The molecule has 0 amide bonds. The maximum Gasteiger partial charge on any atom is 0.373 e. The lowest BCUT2D eigenvalue weighted by atomic mass is 9.96. The normalized spacial score (nSPS) is 13.0. The van der Waals surface area contributed by atoms with Crippen LogP contribution in [-0.4, -0.2) is 36.8 Å². The number of carbonyl (C=O) groups is 3. The molecule has 7 nitrogen and oxygen atoms in total. The molecular formula is C22H27NO6. The SMILES string of the molecule is CCCC1=C(Cc2[nH]c(C=O)c(C)c2CCC(=O)OC)CC(C=O)=C1C.O=C=O. The van der Waals surface area contributed by atoms with Crippen LogP contribution in [0, 0.1) is 6.92 Å². The van der Waals surface area contributed by atoms with Crippen molar-refractivity contribution in [3.05, 3.63) is 44.8 Å². The average molecular weight is 401 g/mol. The van der Waals surface area contributed by atoms with Crippen LogP contribution in [0.4, 0.5) is 0 Å². The average Bonchev–Trinajstić information content (AvgIpc) is 3.17. The molecule has 0 fully saturated rings. The second-order valence-corrected chi connectivity index (χ2v) is 6.85. The van der Waals surface area contributed by atoms with Gasteiger partial charge in [-0.1, -0.05) is 18.9 Å². The minimum atomic E-state index is -0.267. The van der Waals surface area contributed by atoms with E-state index in [0.717, 1.165) is 53.4 Å². The Hall–Kier alpha value is -3.05. The van der Waals surface area contributed by atoms with Crippen molar-refractivity contribution in [2.75, 3.05) is 7.11 Å². The van der Waals surface area contributed by atoms with E-state index in [-0.39, 0.29) is 18.5 Å². The Labute approximate surface area is 170 Å². The number of hydrogen-bond donors (Lipinski definition) is 1. The maximum atomic E-state index is 11.5. The number of allylic oxidation sites excluding steroid dienone is 4. The molecule has 2 rings (SSSR count). The molecule has 1 aliphatic rings. The summed E-state index contributed by atoms with van der Waals surface area (Å²) < 4.78 is 4.74. The van der Waals surface area contributed by atoms with Gasteiger partial charge in [0, 0.05) is 18.5 Å². The van der Waals surface area contributed by atoms with Gasteiger partial charge in [0.25, 0.3) is 0 Å². The van der Waals surface area contributed by atoms with Gasteiger partial charge in [0.2, 0.25) is 0 Å². The summed E-state index contributed by atoms with van der Waals surface area (Å²) in [5.74, 6) is -0.267. The summed E-state index contributed by atoms with van der Waals surface area (Å²) in [5.41, 5.74) is 7.81. The van der Waals surface area contributed by atoms with Crippen molar-refractivity contribution in [2.45, 2.75) is 59.3 Å². The molecule has 0 unspecified atom stereocenters. The summed E-state index contributed by atoms with van der Waals surface area (Å²) in [5, 5.41) is 0. The number of rotatable bonds is 9. The van der Waals surface area contributed by atoms with Crippen LogP contribution in [-0.2, 0) is 36.8 Å². The van der Waals surface area contributed by atoms with Crippen LogP contribution in [0.5, 0.6) is 0 Å². The van der Waals surface area contributed by atoms with Crippen molar-refractivity contribution in [3.63, 3.8) is 0 Å². The molecular weight excluding hydrogens is 374 g/mol. The van der Waals surface area contributed by atoms with E-state index < -0.39 is 0 Å². The van der Waals surface area contributed by atoms with Crippen LogP contribution in [0.15, 0.2) is 22.3 Å². The highest BCUT2D eigenvalue weighted by molar-refractivity contribution is 5.80. The minimum Gasteiger partial charge on any atom is -0.469 e. The molecule has 0 aromatic carbocycles. The number of aromatic amines is 1. The minimum absolute atomic E-state index is 0.250. The summed E-state index contributed by atoms with van der Waals surface area (Å²) in [6, 6.07) is 0. The molecule has 0 atom stereocenters. The standard InChI is InChI=1S/C21H27NO4.CO2/c1-5-6-17-13(2)16(11-23)9-15(17)10-19-18(7-8-21(25)26-4)14(3)20(12-24)22-19;2-1-3/h11-12,22H,5-10H2,1-4H3;. The quantitative estimate of drug-likeness (QED) is 0.502. The van der Waals surface area contributed by atoms with E-state index in [1.807, 2.05) is 13.8 Å². The number of hydrogen-bond acceptors (Lipinski definition) is 6. The van der Waals surface area contributed by atoms with E-state index in [1.165, 1.54) is 18.3 Å². The van der Waals surface area contributed by atoms with Gasteiger partial charge in [-0.15, -0.1) is 0 Å². The van der Waals surface area contributed by atoms with E-state index in [9.17, 15) is 14.4 Å². The molecule has 0 aliphatic heterocycles. The van der Waals surface area contributed by atoms with E-state index in [2.05, 4.69) is 11.9 Å². The Morgan fingerprint density at radius 2 is 1.83 bits per heavy atom. The number of aromatic nitrogens is 1. The van der Waals surface area contributed by atoms with Crippen molar-refractivity contribution >= 4 is 24.7 Å². The van der Waals surface area contributed by atoms with Gasteiger partial charge in [-0.05, 0) is 61.0 Å². The number of aldehydes is 2. The molecule has 1 aliphatic carbocycles. The van der Waals surface area contributed by atoms with Crippen LogP contribution < -0.4 is 0 Å². The molecule has 0 saturated carbocycles. The summed E-state index contributed by atoms with van der Waals surface area (Å²) in [6.07, 6.45) is 6.10. The fourth-order valence-corrected chi connectivity index (χ4v) is 3.71. The van der Waals surface area contributed by atoms with Gasteiger partial charge in [0.05, 0.1) is 12.8 Å². The summed E-state index contributed by atoms with van der Waals surface area (Å²) >= 11 is 0. The molecule has 0 bridgehead atoms. The number of carbonyl (C=O) groups excluding carboxylic acids is 5. The van der Waals surface area contributed by atoms with Crippen LogP contribution in [0.25, 0.3) is 0 Å². The van der Waals surface area contributed by atoms with Crippen LogP contribution in [0.3, 0.4) is 0 Å². The van der Waals surface area contributed by atoms with Crippen LogP contribution in [0.1, 0.15) is 66.8 Å².